The van der Waals surface area contributed by atoms with Crippen LogP contribution in [0.2, 0.25) is 0 Å². The highest BCUT2D eigenvalue weighted by Gasteiger charge is 2.28. The van der Waals surface area contributed by atoms with Gasteiger partial charge in [-0.1, -0.05) is 6.07 Å². The Morgan fingerprint density at radius 1 is 1.55 bits per heavy atom. The second-order valence-electron chi connectivity index (χ2n) is 4.96. The van der Waals surface area contributed by atoms with Gasteiger partial charge in [-0.05, 0) is 37.7 Å². The van der Waals surface area contributed by atoms with Crippen molar-refractivity contribution < 1.29 is 4.74 Å². The Morgan fingerprint density at radius 2 is 2.35 bits per heavy atom. The summed E-state index contributed by atoms with van der Waals surface area (Å²) >= 11 is 1.99. The average Bonchev–Trinajstić information content (AvgIpc) is 2.84. The van der Waals surface area contributed by atoms with Gasteiger partial charge in [0.2, 0.25) is 0 Å². The Labute approximate surface area is 142 Å². The summed E-state index contributed by atoms with van der Waals surface area (Å²) in [5.41, 5.74) is 6.82. The topological polar surface area (TPSA) is 59.6 Å². The fourth-order valence-corrected chi connectivity index (χ4v) is 3.33. The van der Waals surface area contributed by atoms with Crippen molar-refractivity contribution in [3.05, 3.63) is 24.3 Å². The van der Waals surface area contributed by atoms with Crippen LogP contribution < -0.4 is 15.8 Å². The maximum absolute atomic E-state index is 5.92. The minimum absolute atomic E-state index is 0. The Balaban J connectivity index is 0.00000200. The van der Waals surface area contributed by atoms with E-state index < -0.39 is 0 Å². The second-order valence-corrected chi connectivity index (χ2v) is 6.64. The molecule has 2 rings (SSSR count). The van der Waals surface area contributed by atoms with Gasteiger partial charge in [-0.15, -0.1) is 24.0 Å². The molecule has 0 bridgehead atoms. The minimum Gasteiger partial charge on any atom is -0.497 e. The highest BCUT2D eigenvalue weighted by molar-refractivity contribution is 14.0. The smallest absolute Gasteiger partial charge is 0.193 e. The Kier molecular flexibility index (Phi) is 6.94. The van der Waals surface area contributed by atoms with Crippen molar-refractivity contribution >= 4 is 47.4 Å². The number of ether oxygens (including phenoxy) is 1. The maximum atomic E-state index is 5.92. The molecule has 1 saturated heterocycles. The summed E-state index contributed by atoms with van der Waals surface area (Å²) in [7, 11) is 1.65. The lowest BCUT2D eigenvalue weighted by Gasteiger charge is -2.20. The fraction of sp³-hybridized carbons (Fsp3) is 0.500. The fourth-order valence-electron chi connectivity index (χ4n) is 2.10. The molecule has 0 aromatic heterocycles. The molecule has 3 N–H and O–H groups in total. The zero-order chi connectivity index (χ0) is 13.7. The summed E-state index contributed by atoms with van der Waals surface area (Å²) in [5.74, 6) is 2.49. The second kappa shape index (κ2) is 7.97. The van der Waals surface area contributed by atoms with Crippen molar-refractivity contribution in [3.8, 4) is 5.75 Å². The van der Waals surface area contributed by atoms with Gasteiger partial charge in [-0.3, -0.25) is 4.99 Å². The van der Waals surface area contributed by atoms with Crippen LogP contribution in [0.5, 0.6) is 5.75 Å². The molecular weight excluding hydrogens is 385 g/mol. The molecule has 1 aromatic rings. The van der Waals surface area contributed by atoms with Crippen molar-refractivity contribution in [3.63, 3.8) is 0 Å². The summed E-state index contributed by atoms with van der Waals surface area (Å²) in [5, 5.41) is 3.10. The van der Waals surface area contributed by atoms with Crippen LogP contribution in [0.1, 0.15) is 19.8 Å². The van der Waals surface area contributed by atoms with Crippen LogP contribution in [0.3, 0.4) is 0 Å². The Bertz CT molecular complexity index is 461. The standard InChI is InChI=1S/C14H21N3OS.HI/c1-14(7-4-8-19-14)10-16-13(15)17-11-5-3-6-12(9-11)18-2;/h3,5-6,9H,4,7-8,10H2,1-2H3,(H3,15,16,17);1H. The third-order valence-electron chi connectivity index (χ3n) is 3.23. The molecule has 0 amide bonds. The van der Waals surface area contributed by atoms with E-state index in [0.29, 0.717) is 5.96 Å². The van der Waals surface area contributed by atoms with Gasteiger partial charge in [-0.25, -0.2) is 0 Å². The third kappa shape index (κ3) is 5.05. The number of halogens is 1. The van der Waals surface area contributed by atoms with E-state index >= 15 is 0 Å². The highest BCUT2D eigenvalue weighted by atomic mass is 127. The Morgan fingerprint density at radius 3 is 3.00 bits per heavy atom. The number of hydrogen-bond donors (Lipinski definition) is 2. The van der Waals surface area contributed by atoms with Crippen LogP contribution in [0, 0.1) is 0 Å². The molecule has 112 valence electrons. The molecule has 1 fully saturated rings. The van der Waals surface area contributed by atoms with Gasteiger partial charge in [0.15, 0.2) is 5.96 Å². The first-order valence-corrected chi connectivity index (χ1v) is 7.45. The molecule has 0 aliphatic carbocycles. The van der Waals surface area contributed by atoms with E-state index in [1.54, 1.807) is 7.11 Å². The molecule has 0 radical (unpaired) electrons. The van der Waals surface area contributed by atoms with E-state index in [1.807, 2.05) is 36.0 Å². The molecule has 1 heterocycles. The number of anilines is 1. The number of guanidine groups is 1. The van der Waals surface area contributed by atoms with E-state index in [0.717, 1.165) is 18.0 Å². The predicted molar refractivity (Wildman–Crippen MR) is 98.6 cm³/mol. The van der Waals surface area contributed by atoms with Gasteiger partial charge in [-0.2, -0.15) is 11.8 Å². The maximum Gasteiger partial charge on any atom is 0.193 e. The summed E-state index contributed by atoms with van der Waals surface area (Å²) in [6.07, 6.45) is 2.49. The number of nitrogens with two attached hydrogens (primary N) is 1. The molecule has 20 heavy (non-hydrogen) atoms. The molecule has 1 aliphatic rings. The zero-order valence-electron chi connectivity index (χ0n) is 11.9. The lowest BCUT2D eigenvalue weighted by Crippen LogP contribution is -2.27. The normalized spacial score (nSPS) is 22.2. The Hall–Kier alpha value is -0.630. The molecule has 6 heteroatoms. The zero-order valence-corrected chi connectivity index (χ0v) is 15.0. The first kappa shape index (κ1) is 17.4. The largest absolute Gasteiger partial charge is 0.497 e. The highest BCUT2D eigenvalue weighted by Crippen LogP contribution is 2.37. The monoisotopic (exact) mass is 407 g/mol. The van der Waals surface area contributed by atoms with E-state index in [-0.39, 0.29) is 28.7 Å². The molecule has 1 unspecified atom stereocenters. The summed E-state index contributed by atoms with van der Waals surface area (Å²) < 4.78 is 5.42. The number of aliphatic imine (C=N–C) groups is 1. The third-order valence-corrected chi connectivity index (χ3v) is 4.75. The van der Waals surface area contributed by atoms with Crippen LogP contribution >= 0.6 is 35.7 Å². The van der Waals surface area contributed by atoms with Crippen molar-refractivity contribution in [1.29, 1.82) is 0 Å². The first-order valence-electron chi connectivity index (χ1n) is 6.46. The number of benzene rings is 1. The number of rotatable bonds is 4. The summed E-state index contributed by atoms with van der Waals surface area (Å²) in [4.78, 5) is 4.45. The molecule has 0 saturated carbocycles. The summed E-state index contributed by atoms with van der Waals surface area (Å²) in [6.45, 7) is 3.02. The number of nitrogens with zero attached hydrogens (tertiary/aromatic N) is 1. The van der Waals surface area contributed by atoms with E-state index in [1.165, 1.54) is 18.6 Å². The van der Waals surface area contributed by atoms with Crippen molar-refractivity contribution in [1.82, 2.24) is 0 Å². The number of nitrogens with one attached hydrogen (secondary N) is 1. The molecule has 1 aliphatic heterocycles. The average molecular weight is 407 g/mol. The van der Waals surface area contributed by atoms with E-state index in [4.69, 9.17) is 10.5 Å². The van der Waals surface area contributed by atoms with Crippen molar-refractivity contribution in [2.45, 2.75) is 24.5 Å². The number of thioether (sulfide) groups is 1. The number of hydrogen-bond acceptors (Lipinski definition) is 3. The van der Waals surface area contributed by atoms with Gasteiger partial charge in [0, 0.05) is 16.5 Å². The van der Waals surface area contributed by atoms with Crippen molar-refractivity contribution in [2.75, 3.05) is 24.7 Å². The minimum atomic E-state index is 0. The van der Waals surface area contributed by atoms with Crippen LogP contribution in [-0.4, -0.2) is 30.1 Å². The molecule has 1 atom stereocenters. The van der Waals surface area contributed by atoms with E-state index in [9.17, 15) is 0 Å². The quantitative estimate of drug-likeness (QED) is 0.457. The molecule has 1 aromatic carbocycles. The molecule has 4 nitrogen and oxygen atoms in total. The van der Waals surface area contributed by atoms with E-state index in [2.05, 4.69) is 17.2 Å². The van der Waals surface area contributed by atoms with Gasteiger partial charge >= 0.3 is 0 Å². The van der Waals surface area contributed by atoms with Crippen LogP contribution in [0.25, 0.3) is 0 Å². The SMILES string of the molecule is COc1cccc(NC(N)=NCC2(C)CCCS2)c1.I. The predicted octanol–water partition coefficient (Wildman–Crippen LogP) is 3.33. The van der Waals surface area contributed by atoms with Crippen LogP contribution in [-0.2, 0) is 0 Å². The van der Waals surface area contributed by atoms with Crippen LogP contribution in [0.15, 0.2) is 29.3 Å². The van der Waals surface area contributed by atoms with Gasteiger partial charge in [0.05, 0.1) is 13.7 Å². The van der Waals surface area contributed by atoms with Crippen molar-refractivity contribution in [2.24, 2.45) is 10.7 Å². The lowest BCUT2D eigenvalue weighted by molar-refractivity contribution is 0.415. The first-order chi connectivity index (χ1) is 9.11. The van der Waals surface area contributed by atoms with Gasteiger partial charge < -0.3 is 15.8 Å². The number of methoxy groups -OCH3 is 1. The van der Waals surface area contributed by atoms with Gasteiger partial charge in [0.1, 0.15) is 5.75 Å². The van der Waals surface area contributed by atoms with Crippen LogP contribution in [0.4, 0.5) is 5.69 Å². The van der Waals surface area contributed by atoms with Gasteiger partial charge in [0.25, 0.3) is 0 Å². The summed E-state index contributed by atoms with van der Waals surface area (Å²) in [6, 6.07) is 7.66. The lowest BCUT2D eigenvalue weighted by atomic mass is 10.1. The molecular formula is C14H22IN3OS. The molecule has 0 spiro atoms.